The van der Waals surface area contributed by atoms with Gasteiger partial charge in [-0.05, 0) is 69.1 Å². The molecule has 1 amide bonds. The molecular weight excluding hydrogens is 378 g/mol. The summed E-state index contributed by atoms with van der Waals surface area (Å²) in [4.78, 5) is 35.8. The number of H-pyrrole nitrogens is 1. The summed E-state index contributed by atoms with van der Waals surface area (Å²) in [5, 5.41) is 0. The van der Waals surface area contributed by atoms with Gasteiger partial charge in [-0.25, -0.2) is 4.98 Å². The Kier molecular flexibility index (Phi) is 4.36. The minimum Gasteiger partial charge on any atom is -0.338 e. The quantitative estimate of drug-likeness (QED) is 0.707. The molecule has 0 aromatic carbocycles. The first-order valence-electron chi connectivity index (χ1n) is 11.9. The van der Waals surface area contributed by atoms with E-state index in [1.54, 1.807) is 6.20 Å². The Labute approximate surface area is 177 Å². The van der Waals surface area contributed by atoms with E-state index >= 15 is 0 Å². The maximum atomic E-state index is 13.2. The van der Waals surface area contributed by atoms with Gasteiger partial charge in [-0.1, -0.05) is 6.92 Å². The number of hydrogen-bond donors (Lipinski definition) is 3. The molecule has 7 heteroatoms. The zero-order chi connectivity index (χ0) is 20.5. The second-order valence-corrected chi connectivity index (χ2v) is 10.8. The van der Waals surface area contributed by atoms with Gasteiger partial charge in [0.25, 0.3) is 11.5 Å². The van der Waals surface area contributed by atoms with Crippen molar-refractivity contribution in [2.45, 2.75) is 75.8 Å². The van der Waals surface area contributed by atoms with Gasteiger partial charge in [0.15, 0.2) is 0 Å². The molecule has 4 bridgehead atoms. The molecule has 3 unspecified atom stereocenters. The largest absolute Gasteiger partial charge is 0.338 e. The summed E-state index contributed by atoms with van der Waals surface area (Å²) < 4.78 is 0. The number of aromatic nitrogens is 2. The van der Waals surface area contributed by atoms with E-state index in [4.69, 9.17) is 4.98 Å². The Morgan fingerprint density at radius 3 is 2.50 bits per heavy atom. The molecule has 6 fully saturated rings. The van der Waals surface area contributed by atoms with Crippen LogP contribution in [-0.2, 0) is 5.41 Å². The predicted molar refractivity (Wildman–Crippen MR) is 113 cm³/mol. The molecule has 1 aromatic rings. The average Bonchev–Trinajstić information content (AvgIpc) is 3.14. The summed E-state index contributed by atoms with van der Waals surface area (Å²) in [6.45, 7) is 3.54. The fourth-order valence-electron chi connectivity index (χ4n) is 7.87. The number of aromatic amines is 1. The van der Waals surface area contributed by atoms with Crippen LogP contribution in [0.5, 0.6) is 0 Å². The van der Waals surface area contributed by atoms with E-state index in [0.29, 0.717) is 31.1 Å². The smallest absolute Gasteiger partial charge is 0.263 e. The van der Waals surface area contributed by atoms with E-state index in [1.807, 2.05) is 4.90 Å². The van der Waals surface area contributed by atoms with Crippen LogP contribution in [0.3, 0.4) is 0 Å². The molecule has 3 N–H and O–H groups in total. The molecular formula is C23H33N5O2. The van der Waals surface area contributed by atoms with Crippen LogP contribution in [0.2, 0.25) is 0 Å². The molecule has 30 heavy (non-hydrogen) atoms. The highest BCUT2D eigenvalue weighted by molar-refractivity contribution is 5.93. The summed E-state index contributed by atoms with van der Waals surface area (Å²) in [5.41, 5.74) is 6.73. The number of carbonyl (C=O) groups excluding carboxylic acids is 1. The minimum atomic E-state index is -0.252. The molecule has 7 rings (SSSR count). The average molecular weight is 412 g/mol. The molecule has 0 radical (unpaired) electrons. The summed E-state index contributed by atoms with van der Waals surface area (Å²) in [6.07, 6.45) is 11.1. The van der Waals surface area contributed by atoms with Gasteiger partial charge < -0.3 is 9.88 Å². The normalized spacial score (nSPS) is 41.8. The van der Waals surface area contributed by atoms with Crippen molar-refractivity contribution >= 4 is 5.91 Å². The standard InChI is InChI=1S/C23H33N5O2/c1-2-18-17-12-28(4-3-19(17)27-26-18)21(30)16-11-24-22(25-20(16)29)23-8-13-5-14(9-23)7-15(6-13)10-23/h11,13-15,17-19,26-27H,2-10,12H2,1H3,(H,24,25,29). The van der Waals surface area contributed by atoms with Crippen LogP contribution in [0.1, 0.15) is 74.5 Å². The van der Waals surface area contributed by atoms with Crippen molar-refractivity contribution < 1.29 is 4.79 Å². The molecule has 4 saturated carbocycles. The molecule has 3 heterocycles. The van der Waals surface area contributed by atoms with E-state index < -0.39 is 0 Å². The van der Waals surface area contributed by atoms with Gasteiger partial charge >= 0.3 is 0 Å². The zero-order valence-corrected chi connectivity index (χ0v) is 17.8. The van der Waals surface area contributed by atoms with E-state index in [1.165, 1.54) is 19.3 Å². The van der Waals surface area contributed by atoms with Crippen LogP contribution in [-0.4, -0.2) is 45.9 Å². The van der Waals surface area contributed by atoms with E-state index in [-0.39, 0.29) is 22.4 Å². The van der Waals surface area contributed by atoms with Crippen LogP contribution in [0.15, 0.2) is 11.0 Å². The number of piperidine rings is 1. The first-order chi connectivity index (χ1) is 14.5. The van der Waals surface area contributed by atoms with Crippen molar-refractivity contribution in [3.63, 3.8) is 0 Å². The van der Waals surface area contributed by atoms with Crippen molar-refractivity contribution in [3.05, 3.63) is 27.9 Å². The van der Waals surface area contributed by atoms with Gasteiger partial charge in [-0.15, -0.1) is 0 Å². The van der Waals surface area contributed by atoms with E-state index in [9.17, 15) is 9.59 Å². The number of hydrogen-bond acceptors (Lipinski definition) is 5. The lowest BCUT2D eigenvalue weighted by Gasteiger charge is -2.56. The zero-order valence-electron chi connectivity index (χ0n) is 17.8. The molecule has 0 spiro atoms. The number of rotatable bonds is 3. The van der Waals surface area contributed by atoms with Gasteiger partial charge in [0.05, 0.1) is 0 Å². The lowest BCUT2D eigenvalue weighted by atomic mass is 9.49. The van der Waals surface area contributed by atoms with Gasteiger partial charge in [0.1, 0.15) is 11.4 Å². The maximum absolute atomic E-state index is 13.2. The second-order valence-electron chi connectivity index (χ2n) is 10.8. The van der Waals surface area contributed by atoms with Crippen molar-refractivity contribution in [2.24, 2.45) is 23.7 Å². The highest BCUT2D eigenvalue weighted by Gasteiger charge is 2.53. The van der Waals surface area contributed by atoms with Gasteiger partial charge in [-0.3, -0.25) is 20.4 Å². The molecule has 162 valence electrons. The topological polar surface area (TPSA) is 90.1 Å². The molecule has 2 aliphatic heterocycles. The van der Waals surface area contributed by atoms with Crippen molar-refractivity contribution in [2.75, 3.05) is 13.1 Å². The van der Waals surface area contributed by atoms with Crippen molar-refractivity contribution in [1.29, 1.82) is 0 Å². The highest BCUT2D eigenvalue weighted by Crippen LogP contribution is 2.59. The lowest BCUT2D eigenvalue weighted by molar-refractivity contribution is -0.00955. The summed E-state index contributed by atoms with van der Waals surface area (Å²) >= 11 is 0. The monoisotopic (exact) mass is 411 g/mol. The number of nitrogens with zero attached hydrogens (tertiary/aromatic N) is 2. The Morgan fingerprint density at radius 1 is 1.17 bits per heavy atom. The van der Waals surface area contributed by atoms with Gasteiger partial charge in [0, 0.05) is 42.7 Å². The number of likely N-dealkylation sites (tertiary alicyclic amines) is 1. The molecule has 2 saturated heterocycles. The molecule has 4 aliphatic carbocycles. The fraction of sp³-hybridized carbons (Fsp3) is 0.783. The number of amides is 1. The predicted octanol–water partition coefficient (Wildman–Crippen LogP) is 1.95. The Balaban J connectivity index is 1.23. The van der Waals surface area contributed by atoms with Crippen molar-refractivity contribution in [1.82, 2.24) is 25.7 Å². The van der Waals surface area contributed by atoms with Crippen LogP contribution >= 0.6 is 0 Å². The Hall–Kier alpha value is -1.73. The SMILES string of the molecule is CCC1NNC2CCN(C(=O)c3cnc(C45CC6CC(CC(C6)C4)C5)[nH]c3=O)CC12. The van der Waals surface area contributed by atoms with Crippen LogP contribution in [0.4, 0.5) is 0 Å². The first-order valence-corrected chi connectivity index (χ1v) is 11.9. The minimum absolute atomic E-state index is 0.0450. The van der Waals surface area contributed by atoms with Gasteiger partial charge in [-0.2, -0.15) is 0 Å². The molecule has 7 nitrogen and oxygen atoms in total. The summed E-state index contributed by atoms with van der Waals surface area (Å²) in [5.74, 6) is 3.46. The number of hydrazine groups is 1. The molecule has 6 aliphatic rings. The Bertz CT molecular complexity index is 870. The lowest BCUT2D eigenvalue weighted by Crippen LogP contribution is -2.51. The van der Waals surface area contributed by atoms with E-state index in [2.05, 4.69) is 22.8 Å². The van der Waals surface area contributed by atoms with Crippen LogP contribution in [0, 0.1) is 23.7 Å². The number of carbonyl (C=O) groups is 1. The van der Waals surface area contributed by atoms with E-state index in [0.717, 1.165) is 55.7 Å². The molecule has 3 atom stereocenters. The third-order valence-corrected chi connectivity index (χ3v) is 8.93. The second kappa shape index (κ2) is 6.89. The highest BCUT2D eigenvalue weighted by atomic mass is 16.2. The third-order valence-electron chi connectivity index (χ3n) is 8.93. The first kappa shape index (κ1) is 19.0. The number of fused-ring (bicyclic) bond motifs is 1. The molecule has 1 aromatic heterocycles. The van der Waals surface area contributed by atoms with Crippen molar-refractivity contribution in [3.8, 4) is 0 Å². The number of nitrogens with one attached hydrogen (secondary N) is 3. The summed E-state index contributed by atoms with van der Waals surface area (Å²) in [6, 6.07) is 0.786. The van der Waals surface area contributed by atoms with Crippen LogP contribution < -0.4 is 16.4 Å². The van der Waals surface area contributed by atoms with Gasteiger partial charge in [0.2, 0.25) is 0 Å². The third kappa shape index (κ3) is 2.88. The van der Waals surface area contributed by atoms with Crippen LogP contribution in [0.25, 0.3) is 0 Å². The summed E-state index contributed by atoms with van der Waals surface area (Å²) in [7, 11) is 0. The fourth-order valence-corrected chi connectivity index (χ4v) is 7.87. The Morgan fingerprint density at radius 2 is 1.87 bits per heavy atom. The maximum Gasteiger partial charge on any atom is 0.263 e.